The molecule has 11 heteroatoms. The molecule has 28 heavy (non-hydrogen) atoms. The maximum Gasteiger partial charge on any atom is 0.341 e. The molecule has 0 saturated carbocycles. The maximum absolute atomic E-state index is 12.5. The van der Waals surface area contributed by atoms with Crippen molar-refractivity contribution in [3.05, 3.63) is 59.7 Å². The normalized spacial score (nSPS) is 11.1. The molecule has 0 aliphatic carbocycles. The summed E-state index contributed by atoms with van der Waals surface area (Å²) in [6.45, 7) is -0.645. The SMILES string of the molecule is NC(=O)c1ccc(NC(=O)COC(=O)c2ccc(S(=O)(=O)C(F)F)cc2)cc1. The summed E-state index contributed by atoms with van der Waals surface area (Å²) in [5.74, 6) is -5.82. The Hall–Kier alpha value is -3.34. The van der Waals surface area contributed by atoms with Crippen LogP contribution in [0.3, 0.4) is 0 Å². The minimum absolute atomic E-state index is 0.119. The number of halogens is 2. The van der Waals surface area contributed by atoms with Crippen LogP contribution >= 0.6 is 0 Å². The van der Waals surface area contributed by atoms with E-state index in [1.165, 1.54) is 24.3 Å². The van der Waals surface area contributed by atoms with Gasteiger partial charge in [0.1, 0.15) is 0 Å². The highest BCUT2D eigenvalue weighted by atomic mass is 32.2. The predicted molar refractivity (Wildman–Crippen MR) is 93.5 cm³/mol. The number of primary amides is 1. The fourth-order valence-electron chi connectivity index (χ4n) is 2.01. The quantitative estimate of drug-likeness (QED) is 0.664. The molecule has 2 amide bonds. The van der Waals surface area contributed by atoms with Gasteiger partial charge in [-0.25, -0.2) is 13.2 Å². The van der Waals surface area contributed by atoms with Crippen molar-refractivity contribution in [3.63, 3.8) is 0 Å². The minimum atomic E-state index is -4.77. The predicted octanol–water partition coefficient (Wildman–Crippen LogP) is 1.58. The van der Waals surface area contributed by atoms with Crippen molar-refractivity contribution in [1.29, 1.82) is 0 Å². The Balaban J connectivity index is 1.92. The lowest BCUT2D eigenvalue weighted by Gasteiger charge is -2.08. The van der Waals surface area contributed by atoms with E-state index in [4.69, 9.17) is 10.5 Å². The summed E-state index contributed by atoms with van der Waals surface area (Å²) in [5.41, 5.74) is 5.57. The average molecular weight is 412 g/mol. The van der Waals surface area contributed by atoms with E-state index in [-0.39, 0.29) is 11.1 Å². The van der Waals surface area contributed by atoms with E-state index in [1.54, 1.807) is 0 Å². The Morgan fingerprint density at radius 1 is 0.964 bits per heavy atom. The smallest absolute Gasteiger partial charge is 0.341 e. The van der Waals surface area contributed by atoms with E-state index in [1.807, 2.05) is 0 Å². The van der Waals surface area contributed by atoms with Gasteiger partial charge in [0.15, 0.2) is 6.61 Å². The molecule has 0 aromatic heterocycles. The van der Waals surface area contributed by atoms with Crippen LogP contribution in [-0.2, 0) is 19.4 Å². The number of anilines is 1. The zero-order valence-corrected chi connectivity index (χ0v) is 14.9. The first-order valence-corrected chi connectivity index (χ1v) is 9.15. The van der Waals surface area contributed by atoms with E-state index in [0.717, 1.165) is 24.3 Å². The van der Waals surface area contributed by atoms with Gasteiger partial charge in [-0.15, -0.1) is 0 Å². The molecule has 0 unspecified atom stereocenters. The number of nitrogens with one attached hydrogen (secondary N) is 1. The lowest BCUT2D eigenvalue weighted by Crippen LogP contribution is -2.21. The Bertz CT molecular complexity index is 989. The summed E-state index contributed by atoms with van der Waals surface area (Å²) in [6, 6.07) is 9.36. The van der Waals surface area contributed by atoms with Crippen molar-refractivity contribution in [3.8, 4) is 0 Å². The van der Waals surface area contributed by atoms with Crippen LogP contribution in [0, 0.1) is 0 Å². The molecule has 0 radical (unpaired) electrons. The number of hydrogen-bond donors (Lipinski definition) is 2. The summed E-state index contributed by atoms with van der Waals surface area (Å²) < 4.78 is 52.3. The second-order valence-corrected chi connectivity index (χ2v) is 7.31. The largest absolute Gasteiger partial charge is 0.452 e. The third-order valence-electron chi connectivity index (χ3n) is 3.44. The van der Waals surface area contributed by atoms with Crippen molar-refractivity contribution in [2.45, 2.75) is 10.7 Å². The fourth-order valence-corrected chi connectivity index (χ4v) is 2.73. The third kappa shape index (κ3) is 5.10. The van der Waals surface area contributed by atoms with E-state index in [9.17, 15) is 31.6 Å². The van der Waals surface area contributed by atoms with Gasteiger partial charge < -0.3 is 15.8 Å². The summed E-state index contributed by atoms with van der Waals surface area (Å²) in [6.07, 6.45) is 0. The molecule has 148 valence electrons. The first kappa shape index (κ1) is 21.0. The van der Waals surface area contributed by atoms with Crippen LogP contribution in [0.25, 0.3) is 0 Å². The van der Waals surface area contributed by atoms with E-state index < -0.39 is 44.9 Å². The number of ether oxygens (including phenoxy) is 1. The number of rotatable bonds is 7. The molecule has 0 spiro atoms. The molecule has 0 heterocycles. The first-order valence-electron chi connectivity index (χ1n) is 7.60. The number of esters is 1. The van der Waals surface area contributed by atoms with Gasteiger partial charge in [0.2, 0.25) is 15.7 Å². The second kappa shape index (κ2) is 8.57. The molecule has 2 aromatic rings. The summed E-state index contributed by atoms with van der Waals surface area (Å²) in [5, 5.41) is 2.43. The molecule has 0 atom stereocenters. The molecule has 3 N–H and O–H groups in total. The zero-order valence-electron chi connectivity index (χ0n) is 14.1. The second-order valence-electron chi connectivity index (χ2n) is 5.40. The third-order valence-corrected chi connectivity index (χ3v) is 4.84. The molecule has 2 rings (SSSR count). The van der Waals surface area contributed by atoms with Crippen LogP contribution in [-0.4, -0.2) is 38.6 Å². The standard InChI is InChI=1S/C17H14F2N2O6S/c18-17(19)28(25,26)13-7-3-11(4-8-13)16(24)27-9-14(22)21-12-5-1-10(2-6-12)15(20)23/h1-8,17H,9H2,(H2,20,23)(H,21,22). The van der Waals surface area contributed by atoms with Gasteiger partial charge in [-0.2, -0.15) is 8.78 Å². The van der Waals surface area contributed by atoms with E-state index in [2.05, 4.69) is 5.32 Å². The van der Waals surface area contributed by atoms with Crippen molar-refractivity contribution in [2.24, 2.45) is 5.73 Å². The summed E-state index contributed by atoms with van der Waals surface area (Å²) in [4.78, 5) is 34.0. The van der Waals surface area contributed by atoms with Gasteiger partial charge in [0.05, 0.1) is 10.5 Å². The van der Waals surface area contributed by atoms with Gasteiger partial charge in [-0.1, -0.05) is 0 Å². The number of hydrogen-bond acceptors (Lipinski definition) is 6. The molecule has 2 aromatic carbocycles. The van der Waals surface area contributed by atoms with E-state index >= 15 is 0 Å². The first-order chi connectivity index (χ1) is 13.1. The van der Waals surface area contributed by atoms with Crippen molar-refractivity contribution in [1.82, 2.24) is 0 Å². The van der Waals surface area contributed by atoms with Crippen molar-refractivity contribution < 1.29 is 36.3 Å². The Labute approximate surface area is 158 Å². The zero-order chi connectivity index (χ0) is 20.9. The van der Waals surface area contributed by atoms with E-state index in [0.29, 0.717) is 5.69 Å². The number of nitrogens with two attached hydrogens (primary N) is 1. The van der Waals surface area contributed by atoms with Crippen LogP contribution in [0.5, 0.6) is 0 Å². The number of carbonyl (C=O) groups excluding carboxylic acids is 3. The average Bonchev–Trinajstić information content (AvgIpc) is 2.66. The van der Waals surface area contributed by atoms with Crippen LogP contribution in [0.2, 0.25) is 0 Å². The Morgan fingerprint density at radius 3 is 2.00 bits per heavy atom. The van der Waals surface area contributed by atoms with Crippen LogP contribution in [0.4, 0.5) is 14.5 Å². The van der Waals surface area contributed by atoms with Crippen LogP contribution < -0.4 is 11.1 Å². The Morgan fingerprint density at radius 2 is 1.50 bits per heavy atom. The Kier molecular flexibility index (Phi) is 6.41. The highest BCUT2D eigenvalue weighted by molar-refractivity contribution is 7.91. The molecule has 0 bridgehead atoms. The summed E-state index contributed by atoms with van der Waals surface area (Å²) >= 11 is 0. The molecule has 0 saturated heterocycles. The molecular formula is C17H14F2N2O6S. The monoisotopic (exact) mass is 412 g/mol. The number of amides is 2. The highest BCUT2D eigenvalue weighted by Crippen LogP contribution is 2.19. The summed E-state index contributed by atoms with van der Waals surface area (Å²) in [7, 11) is -4.77. The van der Waals surface area contributed by atoms with Crippen molar-refractivity contribution in [2.75, 3.05) is 11.9 Å². The van der Waals surface area contributed by atoms with Crippen molar-refractivity contribution >= 4 is 33.3 Å². The molecule has 8 nitrogen and oxygen atoms in total. The molecular weight excluding hydrogens is 398 g/mol. The van der Waals surface area contributed by atoms with Gasteiger partial charge in [-0.05, 0) is 48.5 Å². The number of carbonyl (C=O) groups is 3. The van der Waals surface area contributed by atoms with Gasteiger partial charge in [0, 0.05) is 11.3 Å². The topological polar surface area (TPSA) is 133 Å². The lowest BCUT2D eigenvalue weighted by atomic mass is 10.2. The van der Waals surface area contributed by atoms with Gasteiger partial charge in [-0.3, -0.25) is 9.59 Å². The molecule has 0 aliphatic rings. The number of benzene rings is 2. The number of sulfone groups is 1. The number of alkyl halides is 2. The lowest BCUT2D eigenvalue weighted by molar-refractivity contribution is -0.119. The van der Waals surface area contributed by atoms with Gasteiger partial charge in [0.25, 0.3) is 5.91 Å². The molecule has 0 aliphatic heterocycles. The van der Waals surface area contributed by atoms with Gasteiger partial charge >= 0.3 is 11.7 Å². The fraction of sp³-hybridized carbons (Fsp3) is 0.118. The maximum atomic E-state index is 12.5. The molecule has 0 fully saturated rings. The highest BCUT2D eigenvalue weighted by Gasteiger charge is 2.26. The minimum Gasteiger partial charge on any atom is -0.452 e. The van der Waals surface area contributed by atoms with Crippen LogP contribution in [0.15, 0.2) is 53.4 Å². The van der Waals surface area contributed by atoms with Crippen LogP contribution in [0.1, 0.15) is 20.7 Å².